The lowest BCUT2D eigenvalue weighted by Crippen LogP contribution is -2.16. The molecule has 0 aliphatic heterocycles. The summed E-state index contributed by atoms with van der Waals surface area (Å²) in [6.07, 6.45) is 1.68. The van der Waals surface area contributed by atoms with Gasteiger partial charge in [0.2, 0.25) is 5.88 Å². The fourth-order valence-corrected chi connectivity index (χ4v) is 1.72. The van der Waals surface area contributed by atoms with Crippen molar-refractivity contribution in [2.45, 2.75) is 26.7 Å². The van der Waals surface area contributed by atoms with Gasteiger partial charge in [-0.2, -0.15) is 4.98 Å². The van der Waals surface area contributed by atoms with Crippen molar-refractivity contribution >= 4 is 0 Å². The van der Waals surface area contributed by atoms with E-state index in [0.29, 0.717) is 11.3 Å². The van der Waals surface area contributed by atoms with E-state index in [4.69, 9.17) is 0 Å². The minimum Gasteiger partial charge on any atom is -0.493 e. The molecular weight excluding hydrogens is 230 g/mol. The van der Waals surface area contributed by atoms with Gasteiger partial charge < -0.3 is 10.1 Å². The van der Waals surface area contributed by atoms with E-state index in [1.54, 1.807) is 12.3 Å². The second kappa shape index (κ2) is 4.60. The molecular formula is C13H15N3O2. The van der Waals surface area contributed by atoms with Gasteiger partial charge in [-0.3, -0.25) is 9.78 Å². The highest BCUT2D eigenvalue weighted by Gasteiger charge is 2.15. The van der Waals surface area contributed by atoms with Crippen LogP contribution in [-0.4, -0.2) is 20.1 Å². The Bertz CT molecular complexity index is 615. The highest BCUT2D eigenvalue weighted by atomic mass is 16.3. The third-order valence-corrected chi connectivity index (χ3v) is 2.67. The Labute approximate surface area is 105 Å². The second-order valence-corrected chi connectivity index (χ2v) is 4.53. The van der Waals surface area contributed by atoms with Crippen molar-refractivity contribution in [1.82, 2.24) is 15.0 Å². The number of nitrogens with zero attached hydrogens (tertiary/aromatic N) is 2. The number of hydrogen-bond donors (Lipinski definition) is 2. The number of aromatic hydroxyl groups is 1. The summed E-state index contributed by atoms with van der Waals surface area (Å²) in [4.78, 5) is 22.7. The summed E-state index contributed by atoms with van der Waals surface area (Å²) in [6.45, 7) is 5.58. The van der Waals surface area contributed by atoms with Crippen molar-refractivity contribution in [2.24, 2.45) is 0 Å². The summed E-state index contributed by atoms with van der Waals surface area (Å²) < 4.78 is 0. The van der Waals surface area contributed by atoms with Crippen molar-refractivity contribution < 1.29 is 5.11 Å². The standard InChI is InChI=1S/C13H15N3O2/c1-7(2)10-12(17)15-11(16-13(10)18)9-5-4-8(3)6-14-9/h4-7H,1-3H3,(H2,15,16,17,18). The normalized spacial score (nSPS) is 10.9. The van der Waals surface area contributed by atoms with Crippen LogP contribution in [0.1, 0.15) is 30.9 Å². The van der Waals surface area contributed by atoms with Crippen molar-refractivity contribution in [1.29, 1.82) is 0 Å². The van der Waals surface area contributed by atoms with Crippen molar-refractivity contribution in [3.63, 3.8) is 0 Å². The fraction of sp³-hybridized carbons (Fsp3) is 0.308. The molecule has 0 bridgehead atoms. The zero-order chi connectivity index (χ0) is 13.3. The molecule has 0 unspecified atom stereocenters. The minimum absolute atomic E-state index is 0.0822. The van der Waals surface area contributed by atoms with Crippen LogP contribution in [0.5, 0.6) is 5.88 Å². The van der Waals surface area contributed by atoms with Crippen LogP contribution in [0.25, 0.3) is 11.5 Å². The van der Waals surface area contributed by atoms with Crippen molar-refractivity contribution in [2.75, 3.05) is 0 Å². The third-order valence-electron chi connectivity index (χ3n) is 2.67. The van der Waals surface area contributed by atoms with Gasteiger partial charge in [0.05, 0.1) is 5.56 Å². The Morgan fingerprint density at radius 2 is 2.06 bits per heavy atom. The maximum atomic E-state index is 11.9. The molecule has 5 nitrogen and oxygen atoms in total. The summed E-state index contributed by atoms with van der Waals surface area (Å²) in [6, 6.07) is 3.62. The minimum atomic E-state index is -0.324. The zero-order valence-electron chi connectivity index (χ0n) is 10.6. The third kappa shape index (κ3) is 2.25. The molecule has 0 aliphatic rings. The summed E-state index contributed by atoms with van der Waals surface area (Å²) in [5.41, 5.74) is 1.52. The summed E-state index contributed by atoms with van der Waals surface area (Å²) in [5, 5.41) is 9.80. The lowest BCUT2D eigenvalue weighted by atomic mass is 10.1. The van der Waals surface area contributed by atoms with Crippen LogP contribution in [0.4, 0.5) is 0 Å². The van der Waals surface area contributed by atoms with Crippen LogP contribution in [0, 0.1) is 6.92 Å². The van der Waals surface area contributed by atoms with E-state index in [9.17, 15) is 9.90 Å². The monoisotopic (exact) mass is 245 g/mol. The Balaban J connectivity index is 2.55. The molecule has 2 heterocycles. The van der Waals surface area contributed by atoms with Gasteiger partial charge >= 0.3 is 0 Å². The molecule has 2 N–H and O–H groups in total. The lowest BCUT2D eigenvalue weighted by molar-refractivity contribution is 0.440. The maximum absolute atomic E-state index is 11.9. The Morgan fingerprint density at radius 1 is 1.33 bits per heavy atom. The quantitative estimate of drug-likeness (QED) is 0.847. The average Bonchev–Trinajstić information content (AvgIpc) is 2.28. The maximum Gasteiger partial charge on any atom is 0.258 e. The number of H-pyrrole nitrogens is 1. The Hall–Kier alpha value is -2.17. The van der Waals surface area contributed by atoms with Gasteiger partial charge in [0.1, 0.15) is 5.69 Å². The molecule has 0 fully saturated rings. The second-order valence-electron chi connectivity index (χ2n) is 4.53. The van der Waals surface area contributed by atoms with Gasteiger partial charge in [-0.15, -0.1) is 0 Å². The van der Waals surface area contributed by atoms with E-state index in [1.807, 2.05) is 26.8 Å². The number of pyridine rings is 1. The van der Waals surface area contributed by atoms with Crippen LogP contribution in [0.3, 0.4) is 0 Å². The molecule has 2 aromatic rings. The van der Waals surface area contributed by atoms with Crippen LogP contribution in [0.15, 0.2) is 23.1 Å². The summed E-state index contributed by atoms with van der Waals surface area (Å²) in [7, 11) is 0. The van der Waals surface area contributed by atoms with Crippen molar-refractivity contribution in [3.8, 4) is 17.4 Å². The van der Waals surface area contributed by atoms with E-state index in [-0.39, 0.29) is 23.2 Å². The molecule has 5 heteroatoms. The van der Waals surface area contributed by atoms with Crippen LogP contribution in [-0.2, 0) is 0 Å². The van der Waals surface area contributed by atoms with E-state index in [0.717, 1.165) is 5.56 Å². The number of aromatic amines is 1. The smallest absolute Gasteiger partial charge is 0.258 e. The molecule has 18 heavy (non-hydrogen) atoms. The topological polar surface area (TPSA) is 78.9 Å². The molecule has 2 rings (SSSR count). The lowest BCUT2D eigenvalue weighted by Gasteiger charge is -2.07. The molecule has 94 valence electrons. The first-order valence-electron chi connectivity index (χ1n) is 5.75. The largest absolute Gasteiger partial charge is 0.493 e. The molecule has 0 atom stereocenters. The van der Waals surface area contributed by atoms with Crippen molar-refractivity contribution in [3.05, 3.63) is 39.8 Å². The van der Waals surface area contributed by atoms with Crippen LogP contribution >= 0.6 is 0 Å². The predicted molar refractivity (Wildman–Crippen MR) is 68.6 cm³/mol. The number of hydrogen-bond acceptors (Lipinski definition) is 4. The summed E-state index contributed by atoms with van der Waals surface area (Å²) in [5.74, 6) is -0.0331. The number of aromatic nitrogens is 3. The average molecular weight is 245 g/mol. The van der Waals surface area contributed by atoms with Gasteiger partial charge in [0.15, 0.2) is 5.82 Å². The first-order valence-corrected chi connectivity index (χ1v) is 5.75. The fourth-order valence-electron chi connectivity index (χ4n) is 1.72. The van der Waals surface area contributed by atoms with Crippen LogP contribution < -0.4 is 5.56 Å². The van der Waals surface area contributed by atoms with Gasteiger partial charge in [-0.25, -0.2) is 0 Å². The highest BCUT2D eigenvalue weighted by Crippen LogP contribution is 2.21. The molecule has 2 aromatic heterocycles. The molecule has 0 aliphatic carbocycles. The molecule has 0 saturated heterocycles. The molecule has 0 saturated carbocycles. The van der Waals surface area contributed by atoms with E-state index in [2.05, 4.69) is 15.0 Å². The zero-order valence-corrected chi connectivity index (χ0v) is 10.6. The molecule has 0 spiro atoms. The predicted octanol–water partition coefficient (Wildman–Crippen LogP) is 1.97. The first kappa shape index (κ1) is 12.3. The van der Waals surface area contributed by atoms with E-state index in [1.165, 1.54) is 0 Å². The van der Waals surface area contributed by atoms with Crippen LogP contribution in [0.2, 0.25) is 0 Å². The van der Waals surface area contributed by atoms with E-state index >= 15 is 0 Å². The molecule has 0 amide bonds. The molecule has 0 aromatic carbocycles. The first-order chi connectivity index (χ1) is 8.49. The highest BCUT2D eigenvalue weighted by molar-refractivity contribution is 5.50. The SMILES string of the molecule is Cc1ccc(-c2nc(O)c(C(C)C)c(=O)[nH]2)nc1. The summed E-state index contributed by atoms with van der Waals surface area (Å²) >= 11 is 0. The van der Waals surface area contributed by atoms with Gasteiger partial charge in [0, 0.05) is 6.20 Å². The van der Waals surface area contributed by atoms with Gasteiger partial charge in [-0.1, -0.05) is 19.9 Å². The number of nitrogens with one attached hydrogen (secondary N) is 1. The Morgan fingerprint density at radius 3 is 2.56 bits per heavy atom. The van der Waals surface area contributed by atoms with Gasteiger partial charge in [-0.05, 0) is 24.5 Å². The number of aryl methyl sites for hydroxylation is 1. The molecule has 0 radical (unpaired) electrons. The van der Waals surface area contributed by atoms with E-state index < -0.39 is 0 Å². The Kier molecular flexibility index (Phi) is 3.14. The number of rotatable bonds is 2. The van der Waals surface area contributed by atoms with Gasteiger partial charge in [0.25, 0.3) is 5.56 Å².